The molecule has 0 fully saturated rings. The number of nitrogens with zero attached hydrogens (tertiary/aromatic N) is 2. The van der Waals surface area contributed by atoms with Gasteiger partial charge in [0.1, 0.15) is 0 Å². The van der Waals surface area contributed by atoms with E-state index in [1.807, 2.05) is 36.4 Å². The number of aromatic nitrogens is 2. The fourth-order valence-corrected chi connectivity index (χ4v) is 0.625. The van der Waals surface area contributed by atoms with E-state index in [1.165, 1.54) is 0 Å². The third-order valence-corrected chi connectivity index (χ3v) is 1.13. The van der Waals surface area contributed by atoms with Crippen molar-refractivity contribution in [3.05, 3.63) is 61.2 Å². The first-order valence-corrected chi connectivity index (χ1v) is 8.39. The van der Waals surface area contributed by atoms with Crippen LogP contribution in [0.25, 0.3) is 0 Å². The molecule has 0 bridgehead atoms. The summed E-state index contributed by atoms with van der Waals surface area (Å²) in [7, 11) is -9.28. The molecule has 6 N–H and O–H groups in total. The van der Waals surface area contributed by atoms with E-state index >= 15 is 0 Å². The standard InChI is InChI=1S/2C5H5N.2H3O4P/c2*1-2-4-6-5-3-1;2*1-5(2,3)4/h2*1-5H;2*(H3,1,2,3,4). The maximum atomic E-state index is 8.88. The van der Waals surface area contributed by atoms with Crippen molar-refractivity contribution < 1.29 is 38.5 Å². The maximum absolute atomic E-state index is 8.88. The van der Waals surface area contributed by atoms with Crippen LogP contribution >= 0.6 is 15.6 Å². The van der Waals surface area contributed by atoms with E-state index in [-0.39, 0.29) is 0 Å². The van der Waals surface area contributed by atoms with E-state index in [2.05, 4.69) is 9.97 Å². The Hall–Kier alpha value is -1.48. The van der Waals surface area contributed by atoms with Gasteiger partial charge in [0.05, 0.1) is 0 Å². The molecule has 12 heteroatoms. The van der Waals surface area contributed by atoms with Crippen LogP contribution in [0.5, 0.6) is 0 Å². The highest BCUT2D eigenvalue weighted by Gasteiger charge is 2.00. The molecule has 22 heavy (non-hydrogen) atoms. The van der Waals surface area contributed by atoms with Gasteiger partial charge in [0.15, 0.2) is 0 Å². The van der Waals surface area contributed by atoms with E-state index in [0.717, 1.165) is 0 Å². The van der Waals surface area contributed by atoms with Crippen molar-refractivity contribution in [1.82, 2.24) is 9.97 Å². The average Bonchev–Trinajstić information content (AvgIpc) is 2.40. The van der Waals surface area contributed by atoms with Gasteiger partial charge in [-0.25, -0.2) is 9.13 Å². The predicted octanol–water partition coefficient (Wildman–Crippen LogP) is 0.306. The van der Waals surface area contributed by atoms with Crippen molar-refractivity contribution in [2.24, 2.45) is 0 Å². The molecule has 2 aromatic heterocycles. The van der Waals surface area contributed by atoms with Crippen LogP contribution in [0.4, 0.5) is 0 Å². The molecule has 0 saturated carbocycles. The van der Waals surface area contributed by atoms with Gasteiger partial charge < -0.3 is 29.4 Å². The van der Waals surface area contributed by atoms with E-state index in [9.17, 15) is 0 Å². The van der Waals surface area contributed by atoms with Crippen LogP contribution in [0, 0.1) is 0 Å². The van der Waals surface area contributed by atoms with Gasteiger partial charge >= 0.3 is 15.6 Å². The van der Waals surface area contributed by atoms with Crippen LogP contribution < -0.4 is 0 Å². The number of phosphoric acid groups is 2. The Bertz CT molecular complexity index is 424. The minimum Gasteiger partial charge on any atom is -0.303 e. The lowest BCUT2D eigenvalue weighted by molar-refractivity contribution is 0.272. The Morgan fingerprint density at radius 1 is 0.500 bits per heavy atom. The monoisotopic (exact) mass is 354 g/mol. The predicted molar refractivity (Wildman–Crippen MR) is 77.0 cm³/mol. The molecule has 0 atom stereocenters. The first-order chi connectivity index (χ1) is 10.0. The Morgan fingerprint density at radius 2 is 0.682 bits per heavy atom. The van der Waals surface area contributed by atoms with Crippen molar-refractivity contribution >= 4 is 15.6 Å². The van der Waals surface area contributed by atoms with Gasteiger partial charge in [-0.2, -0.15) is 0 Å². The van der Waals surface area contributed by atoms with Gasteiger partial charge in [0.2, 0.25) is 0 Å². The van der Waals surface area contributed by atoms with E-state index in [4.69, 9.17) is 38.5 Å². The number of rotatable bonds is 0. The van der Waals surface area contributed by atoms with E-state index in [1.54, 1.807) is 24.8 Å². The average molecular weight is 354 g/mol. The van der Waals surface area contributed by atoms with Crippen LogP contribution in [-0.2, 0) is 9.13 Å². The summed E-state index contributed by atoms with van der Waals surface area (Å²) in [6, 6.07) is 11.4. The smallest absolute Gasteiger partial charge is 0.303 e. The molecule has 0 spiro atoms. The normalized spacial score (nSPS) is 9.73. The summed E-state index contributed by atoms with van der Waals surface area (Å²) in [5.41, 5.74) is 0. The molecule has 0 aliphatic rings. The summed E-state index contributed by atoms with van der Waals surface area (Å²) in [5.74, 6) is 0. The quantitative estimate of drug-likeness (QED) is 0.360. The second kappa shape index (κ2) is 13.2. The van der Waals surface area contributed by atoms with Crippen LogP contribution in [0.3, 0.4) is 0 Å². The number of hydrogen-bond acceptors (Lipinski definition) is 4. The lowest BCUT2D eigenvalue weighted by atomic mass is 10.5. The Labute approximate surface area is 126 Å². The molecular formula is C10H16N2O8P2. The summed E-state index contributed by atoms with van der Waals surface area (Å²) in [6.45, 7) is 0. The summed E-state index contributed by atoms with van der Waals surface area (Å²) in [5, 5.41) is 0. The summed E-state index contributed by atoms with van der Waals surface area (Å²) in [4.78, 5) is 50.7. The fourth-order valence-electron chi connectivity index (χ4n) is 0.625. The Morgan fingerprint density at radius 3 is 0.727 bits per heavy atom. The maximum Gasteiger partial charge on any atom is 0.466 e. The lowest BCUT2D eigenvalue weighted by Crippen LogP contribution is -1.66. The molecule has 0 amide bonds. The summed E-state index contributed by atoms with van der Waals surface area (Å²) in [6.07, 6.45) is 7.00. The molecular weight excluding hydrogens is 338 g/mol. The summed E-state index contributed by atoms with van der Waals surface area (Å²) < 4.78 is 17.8. The molecule has 0 aromatic carbocycles. The van der Waals surface area contributed by atoms with Crippen LogP contribution in [0.2, 0.25) is 0 Å². The second-order valence-corrected chi connectivity index (χ2v) is 5.13. The third kappa shape index (κ3) is 51.4. The van der Waals surface area contributed by atoms with Crippen LogP contribution in [0.1, 0.15) is 0 Å². The molecule has 124 valence electrons. The zero-order valence-electron chi connectivity index (χ0n) is 11.1. The lowest BCUT2D eigenvalue weighted by Gasteiger charge is -1.82. The highest BCUT2D eigenvalue weighted by Crippen LogP contribution is 2.26. The Balaban J connectivity index is 0. The Kier molecular flexibility index (Phi) is 13.7. The van der Waals surface area contributed by atoms with Crippen molar-refractivity contribution in [2.75, 3.05) is 0 Å². The molecule has 0 unspecified atom stereocenters. The van der Waals surface area contributed by atoms with Gasteiger partial charge in [-0.15, -0.1) is 0 Å². The largest absolute Gasteiger partial charge is 0.466 e. The minimum atomic E-state index is -4.64. The molecule has 0 radical (unpaired) electrons. The van der Waals surface area contributed by atoms with Crippen LogP contribution in [0.15, 0.2) is 61.2 Å². The number of hydrogen-bond donors (Lipinski definition) is 6. The minimum absolute atomic E-state index is 1.75. The molecule has 2 aromatic rings. The SMILES string of the molecule is O=P(O)(O)O.O=P(O)(O)O.c1ccncc1.c1ccncc1. The van der Waals surface area contributed by atoms with Crippen molar-refractivity contribution in [3.63, 3.8) is 0 Å². The van der Waals surface area contributed by atoms with Gasteiger partial charge in [-0.1, -0.05) is 12.1 Å². The van der Waals surface area contributed by atoms with E-state index < -0.39 is 15.6 Å². The molecule has 0 aliphatic carbocycles. The molecule has 0 saturated heterocycles. The van der Waals surface area contributed by atoms with Crippen LogP contribution in [-0.4, -0.2) is 39.3 Å². The third-order valence-electron chi connectivity index (χ3n) is 1.13. The van der Waals surface area contributed by atoms with Gasteiger partial charge in [0.25, 0.3) is 0 Å². The van der Waals surface area contributed by atoms with Crippen molar-refractivity contribution in [2.45, 2.75) is 0 Å². The van der Waals surface area contributed by atoms with Gasteiger partial charge in [-0.05, 0) is 24.3 Å². The highest BCUT2D eigenvalue weighted by molar-refractivity contribution is 7.45. The van der Waals surface area contributed by atoms with E-state index in [0.29, 0.717) is 0 Å². The zero-order valence-corrected chi connectivity index (χ0v) is 12.9. The molecule has 0 aliphatic heterocycles. The first-order valence-electron chi connectivity index (χ1n) is 5.26. The topological polar surface area (TPSA) is 181 Å². The zero-order chi connectivity index (χ0) is 17.5. The van der Waals surface area contributed by atoms with Gasteiger partial charge in [-0.3, -0.25) is 9.97 Å². The van der Waals surface area contributed by atoms with Crippen molar-refractivity contribution in [3.8, 4) is 0 Å². The van der Waals surface area contributed by atoms with Crippen molar-refractivity contribution in [1.29, 1.82) is 0 Å². The summed E-state index contributed by atoms with van der Waals surface area (Å²) >= 11 is 0. The molecule has 10 nitrogen and oxygen atoms in total. The second-order valence-electron chi connectivity index (χ2n) is 3.08. The first kappa shape index (κ1) is 22.8. The van der Waals surface area contributed by atoms with Gasteiger partial charge in [0, 0.05) is 24.8 Å². The highest BCUT2D eigenvalue weighted by atomic mass is 31.2. The number of pyridine rings is 2. The fraction of sp³-hybridized carbons (Fsp3) is 0. The molecule has 2 heterocycles. The molecule has 2 rings (SSSR count).